The maximum absolute atomic E-state index is 12.0. The van der Waals surface area contributed by atoms with Crippen molar-refractivity contribution < 1.29 is 4.79 Å². The number of benzene rings is 1. The summed E-state index contributed by atoms with van der Waals surface area (Å²) in [6.45, 7) is 5.77. The molecule has 3 nitrogen and oxygen atoms in total. The molecule has 0 saturated heterocycles. The quantitative estimate of drug-likeness (QED) is 0.587. The number of allylic oxidation sites excluding steroid dienone is 1. The molecule has 1 aromatic carbocycles. The standard InChI is InChI=1S/C19H28N2O/c1-15-8-9-16(2)18(14-15)21-19(22)11-13-20-12-10-17-6-4-3-5-7-17/h6,8-9,14,20H,3-5,7,10-13H2,1-2H3,(H,21,22). The third-order valence-electron chi connectivity index (χ3n) is 4.20. The Morgan fingerprint density at radius 1 is 1.18 bits per heavy atom. The Kier molecular flexibility index (Phi) is 6.66. The molecule has 1 aromatic rings. The van der Waals surface area contributed by atoms with Gasteiger partial charge in [-0.05, 0) is 69.7 Å². The van der Waals surface area contributed by atoms with Crippen LogP contribution in [0.4, 0.5) is 5.69 Å². The molecular weight excluding hydrogens is 272 g/mol. The first kappa shape index (κ1) is 16.8. The van der Waals surface area contributed by atoms with Gasteiger partial charge in [-0.15, -0.1) is 0 Å². The largest absolute Gasteiger partial charge is 0.326 e. The lowest BCUT2D eigenvalue weighted by molar-refractivity contribution is -0.116. The average Bonchev–Trinajstić information content (AvgIpc) is 2.51. The van der Waals surface area contributed by atoms with Crippen LogP contribution in [-0.4, -0.2) is 19.0 Å². The van der Waals surface area contributed by atoms with Crippen LogP contribution in [-0.2, 0) is 4.79 Å². The summed E-state index contributed by atoms with van der Waals surface area (Å²) in [5.41, 5.74) is 4.78. The Morgan fingerprint density at radius 3 is 2.82 bits per heavy atom. The molecule has 1 aliphatic carbocycles. The molecule has 2 rings (SSSR count). The van der Waals surface area contributed by atoms with Crippen molar-refractivity contribution in [3.05, 3.63) is 41.0 Å². The molecular formula is C19H28N2O. The number of anilines is 1. The highest BCUT2D eigenvalue weighted by Gasteiger charge is 2.06. The predicted octanol–water partition coefficient (Wildman–Crippen LogP) is 4.11. The molecule has 0 radical (unpaired) electrons. The number of carbonyl (C=O) groups excluding carboxylic acids is 1. The summed E-state index contributed by atoms with van der Waals surface area (Å²) < 4.78 is 0. The molecule has 2 N–H and O–H groups in total. The third-order valence-corrected chi connectivity index (χ3v) is 4.20. The van der Waals surface area contributed by atoms with Gasteiger partial charge in [0.15, 0.2) is 0 Å². The van der Waals surface area contributed by atoms with Crippen LogP contribution < -0.4 is 10.6 Å². The van der Waals surface area contributed by atoms with E-state index in [9.17, 15) is 4.79 Å². The van der Waals surface area contributed by atoms with E-state index >= 15 is 0 Å². The molecule has 120 valence electrons. The van der Waals surface area contributed by atoms with Crippen molar-refractivity contribution in [2.75, 3.05) is 18.4 Å². The van der Waals surface area contributed by atoms with E-state index in [-0.39, 0.29) is 5.91 Å². The molecule has 0 unspecified atom stereocenters. The number of hydrogen-bond acceptors (Lipinski definition) is 2. The molecule has 0 aromatic heterocycles. The zero-order valence-corrected chi connectivity index (χ0v) is 13.9. The summed E-state index contributed by atoms with van der Waals surface area (Å²) in [7, 11) is 0. The highest BCUT2D eigenvalue weighted by atomic mass is 16.1. The van der Waals surface area contributed by atoms with Crippen LogP contribution in [0.2, 0.25) is 0 Å². The summed E-state index contributed by atoms with van der Waals surface area (Å²) >= 11 is 0. The van der Waals surface area contributed by atoms with Gasteiger partial charge in [0.1, 0.15) is 0 Å². The second kappa shape index (κ2) is 8.74. The molecule has 0 atom stereocenters. The molecule has 0 heterocycles. The Bertz CT molecular complexity index is 534. The summed E-state index contributed by atoms with van der Waals surface area (Å²) in [6, 6.07) is 6.13. The van der Waals surface area contributed by atoms with Gasteiger partial charge in [-0.2, -0.15) is 0 Å². The fraction of sp³-hybridized carbons (Fsp3) is 0.526. The first-order valence-corrected chi connectivity index (χ1v) is 8.41. The van der Waals surface area contributed by atoms with Crippen LogP contribution in [0.15, 0.2) is 29.8 Å². The molecule has 3 heteroatoms. The van der Waals surface area contributed by atoms with Gasteiger partial charge in [-0.3, -0.25) is 4.79 Å². The van der Waals surface area contributed by atoms with Gasteiger partial charge in [0, 0.05) is 18.7 Å². The van der Waals surface area contributed by atoms with Crippen LogP contribution in [0.5, 0.6) is 0 Å². The summed E-state index contributed by atoms with van der Waals surface area (Å²) in [4.78, 5) is 12.0. The van der Waals surface area contributed by atoms with Gasteiger partial charge in [-0.25, -0.2) is 0 Å². The number of rotatable bonds is 7. The summed E-state index contributed by atoms with van der Waals surface area (Å²) in [5, 5.41) is 6.37. The maximum atomic E-state index is 12.0. The fourth-order valence-electron chi connectivity index (χ4n) is 2.79. The Hall–Kier alpha value is -1.61. The molecule has 0 fully saturated rings. The lowest BCUT2D eigenvalue weighted by atomic mass is 9.97. The number of carbonyl (C=O) groups is 1. The predicted molar refractivity (Wildman–Crippen MR) is 93.2 cm³/mol. The number of hydrogen-bond donors (Lipinski definition) is 2. The normalized spacial score (nSPS) is 14.5. The molecule has 22 heavy (non-hydrogen) atoms. The molecule has 0 bridgehead atoms. The van der Waals surface area contributed by atoms with Crippen molar-refractivity contribution in [3.8, 4) is 0 Å². The van der Waals surface area contributed by atoms with Gasteiger partial charge in [-0.1, -0.05) is 23.8 Å². The topological polar surface area (TPSA) is 41.1 Å². The van der Waals surface area contributed by atoms with Crippen molar-refractivity contribution in [3.63, 3.8) is 0 Å². The smallest absolute Gasteiger partial charge is 0.225 e. The van der Waals surface area contributed by atoms with Gasteiger partial charge in [0.05, 0.1) is 0 Å². The zero-order valence-electron chi connectivity index (χ0n) is 13.9. The Balaban J connectivity index is 1.63. The van der Waals surface area contributed by atoms with E-state index in [2.05, 4.69) is 22.8 Å². The lowest BCUT2D eigenvalue weighted by Crippen LogP contribution is -2.23. The van der Waals surface area contributed by atoms with E-state index in [0.29, 0.717) is 6.42 Å². The first-order valence-electron chi connectivity index (χ1n) is 8.41. The van der Waals surface area contributed by atoms with Gasteiger partial charge >= 0.3 is 0 Å². The highest BCUT2D eigenvalue weighted by molar-refractivity contribution is 5.91. The van der Waals surface area contributed by atoms with Crippen molar-refractivity contribution >= 4 is 11.6 Å². The Morgan fingerprint density at radius 2 is 2.05 bits per heavy atom. The van der Waals surface area contributed by atoms with Crippen molar-refractivity contribution in [1.29, 1.82) is 0 Å². The number of nitrogens with one attached hydrogen (secondary N) is 2. The molecule has 0 aliphatic heterocycles. The van der Waals surface area contributed by atoms with Crippen molar-refractivity contribution in [2.45, 2.75) is 52.4 Å². The molecule has 0 saturated carbocycles. The van der Waals surface area contributed by atoms with Gasteiger partial charge in [0.25, 0.3) is 0 Å². The van der Waals surface area contributed by atoms with E-state index < -0.39 is 0 Å². The van der Waals surface area contributed by atoms with Crippen LogP contribution in [0.1, 0.15) is 49.7 Å². The minimum atomic E-state index is 0.0816. The van der Waals surface area contributed by atoms with Gasteiger partial charge < -0.3 is 10.6 Å². The van der Waals surface area contributed by atoms with Crippen LogP contribution in [0.3, 0.4) is 0 Å². The summed E-state index contributed by atoms with van der Waals surface area (Å²) in [6.07, 6.45) is 9.21. The molecule has 1 amide bonds. The van der Waals surface area contributed by atoms with E-state index in [4.69, 9.17) is 0 Å². The zero-order chi connectivity index (χ0) is 15.8. The SMILES string of the molecule is Cc1ccc(C)c(NC(=O)CCNCCC2=CCCCC2)c1. The second-order valence-electron chi connectivity index (χ2n) is 6.22. The van der Waals surface area contributed by atoms with E-state index in [1.807, 2.05) is 26.0 Å². The minimum absolute atomic E-state index is 0.0816. The number of aryl methyl sites for hydroxylation is 2. The monoisotopic (exact) mass is 300 g/mol. The minimum Gasteiger partial charge on any atom is -0.326 e. The van der Waals surface area contributed by atoms with Gasteiger partial charge in [0.2, 0.25) is 5.91 Å². The molecule has 0 spiro atoms. The molecule has 1 aliphatic rings. The lowest BCUT2D eigenvalue weighted by Gasteiger charge is -2.13. The van der Waals surface area contributed by atoms with E-state index in [1.54, 1.807) is 5.57 Å². The van der Waals surface area contributed by atoms with Crippen LogP contribution in [0.25, 0.3) is 0 Å². The maximum Gasteiger partial charge on any atom is 0.225 e. The Labute approximate surface area is 134 Å². The van der Waals surface area contributed by atoms with Crippen molar-refractivity contribution in [1.82, 2.24) is 5.32 Å². The highest BCUT2D eigenvalue weighted by Crippen LogP contribution is 2.19. The first-order chi connectivity index (χ1) is 10.6. The summed E-state index contributed by atoms with van der Waals surface area (Å²) in [5.74, 6) is 0.0816. The van der Waals surface area contributed by atoms with Crippen LogP contribution in [0, 0.1) is 13.8 Å². The fourth-order valence-corrected chi connectivity index (χ4v) is 2.79. The number of amides is 1. The average molecular weight is 300 g/mol. The second-order valence-corrected chi connectivity index (χ2v) is 6.22. The van der Waals surface area contributed by atoms with Crippen LogP contribution >= 0.6 is 0 Å². The van der Waals surface area contributed by atoms with E-state index in [0.717, 1.165) is 30.8 Å². The third kappa shape index (κ3) is 5.64. The van der Waals surface area contributed by atoms with Crippen molar-refractivity contribution in [2.24, 2.45) is 0 Å². The van der Waals surface area contributed by atoms with E-state index in [1.165, 1.54) is 31.2 Å².